The van der Waals surface area contributed by atoms with Crippen LogP contribution in [-0.4, -0.2) is 53.0 Å². The third-order valence-corrected chi connectivity index (χ3v) is 6.37. The van der Waals surface area contributed by atoms with Crippen LogP contribution >= 0.6 is 0 Å². The Hall–Kier alpha value is -3.19. The second-order valence-electron chi connectivity index (χ2n) is 8.49. The fourth-order valence-corrected chi connectivity index (χ4v) is 4.52. The Morgan fingerprint density at radius 1 is 0.969 bits per heavy atom. The number of aryl methyl sites for hydroxylation is 1. The molecule has 1 unspecified atom stereocenters. The number of anilines is 1. The van der Waals surface area contributed by atoms with E-state index in [1.54, 1.807) is 0 Å². The molecule has 0 saturated carbocycles. The second-order valence-corrected chi connectivity index (χ2v) is 8.49. The topological polar surface area (TPSA) is 72.3 Å². The van der Waals surface area contributed by atoms with Gasteiger partial charge in [-0.05, 0) is 42.7 Å². The van der Waals surface area contributed by atoms with Gasteiger partial charge in [-0.2, -0.15) is 0 Å². The van der Waals surface area contributed by atoms with Gasteiger partial charge in [-0.15, -0.1) is 10.2 Å². The zero-order valence-electron chi connectivity index (χ0n) is 18.2. The SMILES string of the molecule is O=C(NC1CCc2nnc(Cc3ccccc3)n2CC1)c1ccc(N2CCOCC2)cc1. The van der Waals surface area contributed by atoms with E-state index in [-0.39, 0.29) is 11.9 Å². The van der Waals surface area contributed by atoms with E-state index in [0.29, 0.717) is 5.56 Å². The van der Waals surface area contributed by atoms with Gasteiger partial charge in [-0.25, -0.2) is 0 Å². The largest absolute Gasteiger partial charge is 0.378 e. The molecule has 2 aliphatic heterocycles. The second kappa shape index (κ2) is 9.53. The van der Waals surface area contributed by atoms with Crippen molar-refractivity contribution in [3.05, 3.63) is 77.4 Å². The highest BCUT2D eigenvalue weighted by molar-refractivity contribution is 5.94. The van der Waals surface area contributed by atoms with E-state index in [0.717, 1.165) is 75.9 Å². The first-order valence-electron chi connectivity index (χ1n) is 11.4. The van der Waals surface area contributed by atoms with Gasteiger partial charge in [0.2, 0.25) is 0 Å². The van der Waals surface area contributed by atoms with Crippen LogP contribution in [0.3, 0.4) is 0 Å². The fourth-order valence-electron chi connectivity index (χ4n) is 4.52. The number of nitrogens with one attached hydrogen (secondary N) is 1. The minimum Gasteiger partial charge on any atom is -0.378 e. The average Bonchev–Trinajstić information content (AvgIpc) is 3.11. The molecule has 0 spiro atoms. The van der Waals surface area contributed by atoms with Crippen molar-refractivity contribution in [2.24, 2.45) is 0 Å². The summed E-state index contributed by atoms with van der Waals surface area (Å²) in [5.41, 5.74) is 3.08. The number of hydrogen-bond donors (Lipinski definition) is 1. The number of nitrogens with zero attached hydrogens (tertiary/aromatic N) is 4. The number of rotatable bonds is 5. The Labute approximate surface area is 188 Å². The number of morpholine rings is 1. The molecule has 7 nitrogen and oxygen atoms in total. The Bertz CT molecular complexity index is 1040. The third-order valence-electron chi connectivity index (χ3n) is 6.37. The van der Waals surface area contributed by atoms with Crippen LogP contribution in [0.4, 0.5) is 5.69 Å². The number of hydrogen-bond acceptors (Lipinski definition) is 5. The standard InChI is InChI=1S/C25H29N5O2/c31-25(20-6-9-22(10-7-20)29-14-16-32-17-15-29)26-21-8-11-23-27-28-24(30(23)13-12-21)18-19-4-2-1-3-5-19/h1-7,9-10,21H,8,11-18H2,(H,26,31). The highest BCUT2D eigenvalue weighted by Crippen LogP contribution is 2.19. The lowest BCUT2D eigenvalue weighted by atomic mass is 10.1. The van der Waals surface area contributed by atoms with E-state index in [9.17, 15) is 4.79 Å². The first kappa shape index (κ1) is 20.7. The molecule has 1 atom stereocenters. The molecule has 1 N–H and O–H groups in total. The molecule has 1 saturated heterocycles. The van der Waals surface area contributed by atoms with Gasteiger partial charge in [0.25, 0.3) is 5.91 Å². The van der Waals surface area contributed by atoms with Crippen molar-refractivity contribution in [2.45, 2.75) is 38.3 Å². The molecular weight excluding hydrogens is 402 g/mol. The van der Waals surface area contributed by atoms with Gasteiger partial charge < -0.3 is 19.5 Å². The van der Waals surface area contributed by atoms with Gasteiger partial charge in [-0.3, -0.25) is 4.79 Å². The van der Waals surface area contributed by atoms with Gasteiger partial charge in [0, 0.05) is 49.8 Å². The third kappa shape index (κ3) is 4.67. The molecule has 7 heteroatoms. The normalized spacial score (nSPS) is 18.6. The van der Waals surface area contributed by atoms with E-state index in [1.807, 2.05) is 42.5 Å². The first-order valence-corrected chi connectivity index (χ1v) is 11.4. The van der Waals surface area contributed by atoms with Crippen molar-refractivity contribution in [2.75, 3.05) is 31.2 Å². The molecule has 1 fully saturated rings. The van der Waals surface area contributed by atoms with Crippen LogP contribution in [0.1, 0.15) is 40.4 Å². The maximum Gasteiger partial charge on any atom is 0.251 e. The van der Waals surface area contributed by atoms with E-state index in [2.05, 4.69) is 37.1 Å². The summed E-state index contributed by atoms with van der Waals surface area (Å²) in [6, 6.07) is 18.4. The molecule has 2 aliphatic rings. The Morgan fingerprint density at radius 2 is 1.75 bits per heavy atom. The van der Waals surface area contributed by atoms with E-state index in [4.69, 9.17) is 4.74 Å². The smallest absolute Gasteiger partial charge is 0.251 e. The monoisotopic (exact) mass is 431 g/mol. The number of fused-ring (bicyclic) bond motifs is 1. The maximum atomic E-state index is 12.9. The summed E-state index contributed by atoms with van der Waals surface area (Å²) in [4.78, 5) is 15.1. The predicted octanol–water partition coefficient (Wildman–Crippen LogP) is 2.84. The molecule has 1 amide bonds. The van der Waals surface area contributed by atoms with Crippen molar-refractivity contribution in [1.29, 1.82) is 0 Å². The minimum atomic E-state index is -0.00861. The predicted molar refractivity (Wildman–Crippen MR) is 123 cm³/mol. The zero-order chi connectivity index (χ0) is 21.8. The molecule has 2 aromatic carbocycles. The molecular formula is C25H29N5O2. The van der Waals surface area contributed by atoms with E-state index < -0.39 is 0 Å². The number of carbonyl (C=O) groups excluding carboxylic acids is 1. The molecule has 5 rings (SSSR count). The summed E-state index contributed by atoms with van der Waals surface area (Å²) in [5, 5.41) is 12.1. The van der Waals surface area contributed by atoms with Crippen LogP contribution in [-0.2, 0) is 24.1 Å². The average molecular weight is 432 g/mol. The van der Waals surface area contributed by atoms with Crippen LogP contribution < -0.4 is 10.2 Å². The summed E-state index contributed by atoms with van der Waals surface area (Å²) in [6.45, 7) is 4.12. The summed E-state index contributed by atoms with van der Waals surface area (Å²) in [5.74, 6) is 2.00. The van der Waals surface area contributed by atoms with Gasteiger partial charge >= 0.3 is 0 Å². The number of benzene rings is 2. The van der Waals surface area contributed by atoms with Crippen LogP contribution in [0.15, 0.2) is 54.6 Å². The van der Waals surface area contributed by atoms with E-state index in [1.165, 1.54) is 5.56 Å². The molecule has 1 aromatic heterocycles. The highest BCUT2D eigenvalue weighted by Gasteiger charge is 2.22. The lowest BCUT2D eigenvalue weighted by molar-refractivity contribution is 0.0933. The lowest BCUT2D eigenvalue weighted by Gasteiger charge is -2.28. The van der Waals surface area contributed by atoms with Gasteiger partial charge in [0.1, 0.15) is 11.6 Å². The molecule has 32 heavy (non-hydrogen) atoms. The van der Waals surface area contributed by atoms with Gasteiger partial charge in [-0.1, -0.05) is 30.3 Å². The van der Waals surface area contributed by atoms with Crippen molar-refractivity contribution < 1.29 is 9.53 Å². The summed E-state index contributed by atoms with van der Waals surface area (Å²) >= 11 is 0. The Morgan fingerprint density at radius 3 is 2.53 bits per heavy atom. The molecule has 3 heterocycles. The number of carbonyl (C=O) groups is 1. The van der Waals surface area contributed by atoms with Crippen molar-refractivity contribution in [3.8, 4) is 0 Å². The maximum absolute atomic E-state index is 12.9. The van der Waals surface area contributed by atoms with Gasteiger partial charge in [0.15, 0.2) is 0 Å². The molecule has 3 aromatic rings. The molecule has 0 radical (unpaired) electrons. The number of ether oxygens (including phenoxy) is 1. The quantitative estimate of drug-likeness (QED) is 0.673. The lowest BCUT2D eigenvalue weighted by Crippen LogP contribution is -2.36. The van der Waals surface area contributed by atoms with Gasteiger partial charge in [0.05, 0.1) is 13.2 Å². The van der Waals surface area contributed by atoms with Crippen molar-refractivity contribution >= 4 is 11.6 Å². The Kier molecular flexibility index (Phi) is 6.16. The molecule has 166 valence electrons. The van der Waals surface area contributed by atoms with Crippen LogP contribution in [0, 0.1) is 0 Å². The number of amides is 1. The molecule has 0 bridgehead atoms. The summed E-state index contributed by atoms with van der Waals surface area (Å²) in [7, 11) is 0. The number of aromatic nitrogens is 3. The van der Waals surface area contributed by atoms with Crippen LogP contribution in [0.25, 0.3) is 0 Å². The zero-order valence-corrected chi connectivity index (χ0v) is 18.2. The minimum absolute atomic E-state index is 0.00861. The summed E-state index contributed by atoms with van der Waals surface area (Å²) in [6.07, 6.45) is 3.36. The van der Waals surface area contributed by atoms with Crippen molar-refractivity contribution in [1.82, 2.24) is 20.1 Å². The highest BCUT2D eigenvalue weighted by atomic mass is 16.5. The van der Waals surface area contributed by atoms with Crippen LogP contribution in [0.2, 0.25) is 0 Å². The first-order chi connectivity index (χ1) is 15.8. The van der Waals surface area contributed by atoms with Crippen LogP contribution in [0.5, 0.6) is 0 Å². The summed E-state index contributed by atoms with van der Waals surface area (Å²) < 4.78 is 7.65. The molecule has 0 aliphatic carbocycles. The van der Waals surface area contributed by atoms with E-state index >= 15 is 0 Å². The fraction of sp³-hybridized carbons (Fsp3) is 0.400. The Balaban J connectivity index is 1.19. The van der Waals surface area contributed by atoms with Crippen molar-refractivity contribution in [3.63, 3.8) is 0 Å².